The van der Waals surface area contributed by atoms with Gasteiger partial charge in [-0.05, 0) is 23.3 Å². The van der Waals surface area contributed by atoms with Gasteiger partial charge in [-0.1, -0.05) is 24.3 Å². The van der Waals surface area contributed by atoms with Crippen LogP contribution in [0.25, 0.3) is 0 Å². The largest absolute Gasteiger partial charge is 0.379 e. The molecule has 1 aliphatic heterocycles. The van der Waals surface area contributed by atoms with Crippen LogP contribution in [0.15, 0.2) is 42.6 Å². The SMILES string of the molecule is Cl.Cl.NCc1cc(C(=O)NCc2ccc(CN3CCOCC3)cc2)ccn1. The molecule has 2 aromatic rings. The van der Waals surface area contributed by atoms with Crippen LogP contribution in [-0.4, -0.2) is 42.1 Å². The summed E-state index contributed by atoms with van der Waals surface area (Å²) in [7, 11) is 0. The number of ether oxygens (including phenoxy) is 1. The molecule has 1 amide bonds. The minimum absolute atomic E-state index is 0. The molecule has 1 aromatic heterocycles. The summed E-state index contributed by atoms with van der Waals surface area (Å²) in [5.74, 6) is -0.116. The van der Waals surface area contributed by atoms with E-state index in [-0.39, 0.29) is 30.7 Å². The quantitative estimate of drug-likeness (QED) is 0.759. The first-order valence-corrected chi connectivity index (χ1v) is 8.56. The number of benzene rings is 1. The predicted octanol–water partition coefficient (Wildman–Crippen LogP) is 2.15. The Bertz CT molecular complexity index is 707. The lowest BCUT2D eigenvalue weighted by atomic mass is 10.1. The van der Waals surface area contributed by atoms with E-state index in [0.29, 0.717) is 24.3 Å². The Balaban J connectivity index is 0.00000182. The van der Waals surface area contributed by atoms with Crippen LogP contribution in [0.3, 0.4) is 0 Å². The molecule has 0 atom stereocenters. The van der Waals surface area contributed by atoms with E-state index >= 15 is 0 Å². The maximum atomic E-state index is 12.2. The van der Waals surface area contributed by atoms with E-state index in [9.17, 15) is 4.79 Å². The molecular weight excluding hydrogens is 387 g/mol. The van der Waals surface area contributed by atoms with Gasteiger partial charge in [0.2, 0.25) is 0 Å². The Labute approximate surface area is 172 Å². The van der Waals surface area contributed by atoms with Gasteiger partial charge in [-0.25, -0.2) is 0 Å². The van der Waals surface area contributed by atoms with Gasteiger partial charge < -0.3 is 15.8 Å². The second kappa shape index (κ2) is 11.9. The summed E-state index contributed by atoms with van der Waals surface area (Å²) in [6.07, 6.45) is 1.61. The van der Waals surface area contributed by atoms with Crippen molar-refractivity contribution in [3.63, 3.8) is 0 Å². The number of nitrogens with two attached hydrogens (primary N) is 1. The number of aromatic nitrogens is 1. The predicted molar refractivity (Wildman–Crippen MR) is 110 cm³/mol. The maximum Gasteiger partial charge on any atom is 0.251 e. The number of rotatable bonds is 6. The number of amides is 1. The maximum absolute atomic E-state index is 12.2. The third kappa shape index (κ3) is 7.08. The smallest absolute Gasteiger partial charge is 0.251 e. The van der Waals surface area contributed by atoms with E-state index in [4.69, 9.17) is 10.5 Å². The summed E-state index contributed by atoms with van der Waals surface area (Å²) in [4.78, 5) is 18.7. The van der Waals surface area contributed by atoms with Gasteiger partial charge in [-0.3, -0.25) is 14.7 Å². The molecule has 0 aliphatic carbocycles. The molecular formula is C19H26Cl2N4O2. The number of hydrogen-bond acceptors (Lipinski definition) is 5. The molecule has 1 aliphatic rings. The first-order chi connectivity index (χ1) is 12.2. The first kappa shape index (κ1) is 23.3. The number of morpholine rings is 1. The highest BCUT2D eigenvalue weighted by Crippen LogP contribution is 2.10. The lowest BCUT2D eigenvalue weighted by Crippen LogP contribution is -2.35. The Morgan fingerprint density at radius 2 is 1.78 bits per heavy atom. The van der Waals surface area contributed by atoms with Gasteiger partial charge in [0.15, 0.2) is 0 Å². The van der Waals surface area contributed by atoms with Crippen molar-refractivity contribution in [1.82, 2.24) is 15.2 Å². The molecule has 1 saturated heterocycles. The summed E-state index contributed by atoms with van der Waals surface area (Å²) >= 11 is 0. The van der Waals surface area contributed by atoms with Crippen molar-refractivity contribution in [2.24, 2.45) is 5.73 Å². The lowest BCUT2D eigenvalue weighted by molar-refractivity contribution is 0.0342. The van der Waals surface area contributed by atoms with Gasteiger partial charge in [-0.2, -0.15) is 0 Å². The molecule has 2 heterocycles. The van der Waals surface area contributed by atoms with Crippen molar-refractivity contribution in [3.8, 4) is 0 Å². The molecule has 0 radical (unpaired) electrons. The van der Waals surface area contributed by atoms with Crippen LogP contribution in [0, 0.1) is 0 Å². The molecule has 3 rings (SSSR count). The zero-order chi connectivity index (χ0) is 17.5. The van der Waals surface area contributed by atoms with Gasteiger partial charge in [0, 0.05) is 44.5 Å². The average Bonchev–Trinajstić information content (AvgIpc) is 2.68. The number of nitrogens with one attached hydrogen (secondary N) is 1. The first-order valence-electron chi connectivity index (χ1n) is 8.56. The highest BCUT2D eigenvalue weighted by Gasteiger charge is 2.11. The standard InChI is InChI=1S/C19H24N4O2.2ClH/c20-12-18-11-17(5-6-21-18)19(24)22-13-15-1-3-16(4-2-15)14-23-7-9-25-10-8-23;;/h1-6,11H,7-10,12-14,20H2,(H,22,24);2*1H. The minimum Gasteiger partial charge on any atom is -0.379 e. The number of pyridine rings is 1. The van der Waals surface area contributed by atoms with E-state index < -0.39 is 0 Å². The fraction of sp³-hybridized carbons (Fsp3) is 0.368. The number of carbonyl (C=O) groups is 1. The molecule has 1 aromatic carbocycles. The number of halogens is 2. The van der Waals surface area contributed by atoms with Crippen LogP contribution in [0.5, 0.6) is 0 Å². The molecule has 6 nitrogen and oxygen atoms in total. The highest BCUT2D eigenvalue weighted by molar-refractivity contribution is 5.94. The van der Waals surface area contributed by atoms with Crippen molar-refractivity contribution in [3.05, 3.63) is 65.0 Å². The molecule has 148 valence electrons. The zero-order valence-electron chi connectivity index (χ0n) is 15.1. The lowest BCUT2D eigenvalue weighted by Gasteiger charge is -2.26. The van der Waals surface area contributed by atoms with Crippen molar-refractivity contribution in [1.29, 1.82) is 0 Å². The third-order valence-electron chi connectivity index (χ3n) is 4.27. The fourth-order valence-electron chi connectivity index (χ4n) is 2.80. The average molecular weight is 413 g/mol. The minimum atomic E-state index is -0.116. The van der Waals surface area contributed by atoms with Gasteiger partial charge in [0.05, 0.1) is 18.9 Å². The van der Waals surface area contributed by atoms with E-state index in [2.05, 4.69) is 39.5 Å². The molecule has 0 spiro atoms. The summed E-state index contributed by atoms with van der Waals surface area (Å²) in [6.45, 7) is 5.34. The fourth-order valence-corrected chi connectivity index (χ4v) is 2.80. The van der Waals surface area contributed by atoms with Crippen LogP contribution < -0.4 is 11.1 Å². The monoisotopic (exact) mass is 412 g/mol. The van der Waals surface area contributed by atoms with Gasteiger partial charge in [0.1, 0.15) is 0 Å². The van der Waals surface area contributed by atoms with Crippen LogP contribution in [-0.2, 0) is 24.4 Å². The molecule has 1 fully saturated rings. The Hall–Kier alpha value is -1.70. The second-order valence-corrected chi connectivity index (χ2v) is 6.13. The van der Waals surface area contributed by atoms with Crippen molar-refractivity contribution < 1.29 is 9.53 Å². The van der Waals surface area contributed by atoms with Gasteiger partial charge >= 0.3 is 0 Å². The van der Waals surface area contributed by atoms with Crippen LogP contribution in [0.4, 0.5) is 0 Å². The van der Waals surface area contributed by atoms with E-state index in [0.717, 1.165) is 38.4 Å². The van der Waals surface area contributed by atoms with Crippen LogP contribution in [0.2, 0.25) is 0 Å². The molecule has 0 bridgehead atoms. The van der Waals surface area contributed by atoms with E-state index in [1.807, 2.05) is 0 Å². The van der Waals surface area contributed by atoms with Crippen LogP contribution >= 0.6 is 24.8 Å². The molecule has 0 unspecified atom stereocenters. The van der Waals surface area contributed by atoms with Crippen molar-refractivity contribution >= 4 is 30.7 Å². The molecule has 27 heavy (non-hydrogen) atoms. The molecule has 0 saturated carbocycles. The number of carbonyl (C=O) groups excluding carboxylic acids is 1. The highest BCUT2D eigenvalue weighted by atomic mass is 35.5. The van der Waals surface area contributed by atoms with Crippen molar-refractivity contribution in [2.45, 2.75) is 19.6 Å². The number of nitrogens with zero attached hydrogens (tertiary/aromatic N) is 2. The normalized spacial score (nSPS) is 14.0. The topological polar surface area (TPSA) is 80.5 Å². The third-order valence-corrected chi connectivity index (χ3v) is 4.27. The van der Waals surface area contributed by atoms with E-state index in [1.54, 1.807) is 18.3 Å². The van der Waals surface area contributed by atoms with Crippen molar-refractivity contribution in [2.75, 3.05) is 26.3 Å². The summed E-state index contributed by atoms with van der Waals surface area (Å²) in [5.41, 5.74) is 9.20. The summed E-state index contributed by atoms with van der Waals surface area (Å²) in [5, 5.41) is 2.93. The summed E-state index contributed by atoms with van der Waals surface area (Å²) in [6, 6.07) is 11.8. The van der Waals surface area contributed by atoms with Gasteiger partial charge in [0.25, 0.3) is 5.91 Å². The second-order valence-electron chi connectivity index (χ2n) is 6.13. The van der Waals surface area contributed by atoms with Crippen LogP contribution in [0.1, 0.15) is 27.2 Å². The zero-order valence-corrected chi connectivity index (χ0v) is 16.7. The summed E-state index contributed by atoms with van der Waals surface area (Å²) < 4.78 is 5.37. The molecule has 3 N–H and O–H groups in total. The molecule has 8 heteroatoms. The Morgan fingerprint density at radius 1 is 1.11 bits per heavy atom. The van der Waals surface area contributed by atoms with E-state index in [1.165, 1.54) is 5.56 Å². The van der Waals surface area contributed by atoms with Gasteiger partial charge in [-0.15, -0.1) is 24.8 Å². The Kier molecular flexibility index (Phi) is 10.3. The Morgan fingerprint density at radius 3 is 2.44 bits per heavy atom. The number of hydrogen-bond donors (Lipinski definition) is 2.